The molecule has 0 saturated carbocycles. The highest BCUT2D eigenvalue weighted by Crippen LogP contribution is 2.28. The predicted octanol–water partition coefficient (Wildman–Crippen LogP) is 4.04. The number of hydrogen-bond acceptors (Lipinski definition) is 5. The van der Waals surface area contributed by atoms with Crippen LogP contribution in [0.1, 0.15) is 10.4 Å². The van der Waals surface area contributed by atoms with Crippen LogP contribution in [0.5, 0.6) is 11.5 Å². The highest BCUT2D eigenvalue weighted by Gasteiger charge is 2.20. The Morgan fingerprint density at radius 2 is 1.79 bits per heavy atom. The molecule has 0 saturated heterocycles. The minimum absolute atomic E-state index is 0.0681. The first-order chi connectivity index (χ1) is 11.6. The molecule has 0 aliphatic heterocycles. The summed E-state index contributed by atoms with van der Waals surface area (Å²) in [6, 6.07) is 13.7. The molecule has 2 aromatic carbocycles. The molecule has 24 heavy (non-hydrogen) atoms. The van der Waals surface area contributed by atoms with E-state index in [9.17, 15) is 9.59 Å². The standard InChI is InChI=1S/C18H12ClNO4/c1-23-18(22)17(21)14-6-4-13(10-15(14)19)24-12-5-7-16-11(9-12)3-2-8-20-16/h2-10H,1H3. The first-order valence-electron chi connectivity index (χ1n) is 7.03. The molecule has 6 heteroatoms. The van der Waals surface area contributed by atoms with E-state index in [-0.39, 0.29) is 10.6 Å². The summed E-state index contributed by atoms with van der Waals surface area (Å²) in [7, 11) is 1.14. The molecule has 0 N–H and O–H groups in total. The zero-order valence-electron chi connectivity index (χ0n) is 12.7. The van der Waals surface area contributed by atoms with Crippen LogP contribution in [0, 0.1) is 0 Å². The number of carbonyl (C=O) groups is 2. The molecule has 0 spiro atoms. The van der Waals surface area contributed by atoms with Gasteiger partial charge in [0.1, 0.15) is 11.5 Å². The Bertz CT molecular complexity index is 939. The van der Waals surface area contributed by atoms with Gasteiger partial charge in [-0.15, -0.1) is 0 Å². The number of esters is 1. The van der Waals surface area contributed by atoms with Crippen LogP contribution < -0.4 is 4.74 Å². The van der Waals surface area contributed by atoms with E-state index in [1.165, 1.54) is 12.1 Å². The first-order valence-corrected chi connectivity index (χ1v) is 7.41. The van der Waals surface area contributed by atoms with Gasteiger partial charge in [0.25, 0.3) is 5.78 Å². The number of ether oxygens (including phenoxy) is 2. The Kier molecular flexibility index (Phi) is 4.44. The van der Waals surface area contributed by atoms with Gasteiger partial charge in [0, 0.05) is 23.2 Å². The van der Waals surface area contributed by atoms with Crippen molar-refractivity contribution in [2.75, 3.05) is 7.11 Å². The summed E-state index contributed by atoms with van der Waals surface area (Å²) in [6.07, 6.45) is 1.72. The van der Waals surface area contributed by atoms with Crippen molar-refractivity contribution in [3.63, 3.8) is 0 Å². The largest absolute Gasteiger partial charge is 0.463 e. The molecule has 0 unspecified atom stereocenters. The van der Waals surface area contributed by atoms with E-state index in [0.717, 1.165) is 18.0 Å². The Labute approximate surface area is 142 Å². The number of benzene rings is 2. The fourth-order valence-electron chi connectivity index (χ4n) is 2.20. The lowest BCUT2D eigenvalue weighted by atomic mass is 10.1. The third kappa shape index (κ3) is 3.21. The molecule has 1 aromatic heterocycles. The number of ketones is 1. The third-order valence-electron chi connectivity index (χ3n) is 3.37. The summed E-state index contributed by atoms with van der Waals surface area (Å²) in [5.41, 5.74) is 0.931. The average molecular weight is 342 g/mol. The highest BCUT2D eigenvalue weighted by molar-refractivity contribution is 6.45. The first kappa shape index (κ1) is 16.0. The Hall–Kier alpha value is -2.92. The van der Waals surface area contributed by atoms with Crippen molar-refractivity contribution in [1.29, 1.82) is 0 Å². The molecule has 0 fully saturated rings. The van der Waals surface area contributed by atoms with Gasteiger partial charge in [-0.2, -0.15) is 0 Å². The summed E-state index contributed by atoms with van der Waals surface area (Å²) in [4.78, 5) is 27.3. The number of rotatable bonds is 4. The maximum absolute atomic E-state index is 11.8. The Morgan fingerprint density at radius 3 is 2.54 bits per heavy atom. The molecule has 3 aromatic rings. The second kappa shape index (κ2) is 6.68. The van der Waals surface area contributed by atoms with E-state index in [1.54, 1.807) is 18.3 Å². The lowest BCUT2D eigenvalue weighted by Crippen LogP contribution is -2.16. The number of Topliss-reactive ketones (excluding diaryl/α,β-unsaturated/α-hetero) is 1. The van der Waals surface area contributed by atoms with Crippen molar-refractivity contribution >= 4 is 34.3 Å². The summed E-state index contributed by atoms with van der Waals surface area (Å²) in [5, 5.41) is 1.06. The van der Waals surface area contributed by atoms with Crippen molar-refractivity contribution < 1.29 is 19.1 Å². The molecule has 0 radical (unpaired) electrons. The molecule has 3 rings (SSSR count). The molecule has 5 nitrogen and oxygen atoms in total. The summed E-state index contributed by atoms with van der Waals surface area (Å²) in [6.45, 7) is 0. The van der Waals surface area contributed by atoms with Gasteiger partial charge in [-0.25, -0.2) is 4.79 Å². The fourth-order valence-corrected chi connectivity index (χ4v) is 2.46. The molecule has 0 amide bonds. The van der Waals surface area contributed by atoms with Crippen molar-refractivity contribution in [3.05, 3.63) is 65.3 Å². The van der Waals surface area contributed by atoms with Crippen LogP contribution in [0.25, 0.3) is 10.9 Å². The molecule has 120 valence electrons. The molecule has 0 bridgehead atoms. The summed E-state index contributed by atoms with van der Waals surface area (Å²) >= 11 is 6.07. The quantitative estimate of drug-likeness (QED) is 0.407. The van der Waals surface area contributed by atoms with Crippen LogP contribution in [-0.4, -0.2) is 23.8 Å². The van der Waals surface area contributed by atoms with Gasteiger partial charge in [0.2, 0.25) is 0 Å². The number of carbonyl (C=O) groups excluding carboxylic acids is 2. The van der Waals surface area contributed by atoms with E-state index < -0.39 is 11.8 Å². The van der Waals surface area contributed by atoms with Gasteiger partial charge in [-0.05, 0) is 36.4 Å². The number of pyridine rings is 1. The molecular formula is C18H12ClNO4. The number of methoxy groups -OCH3 is 1. The fraction of sp³-hybridized carbons (Fsp3) is 0.0556. The predicted molar refractivity (Wildman–Crippen MR) is 89.6 cm³/mol. The smallest absolute Gasteiger partial charge is 0.379 e. The second-order valence-corrected chi connectivity index (χ2v) is 5.33. The van der Waals surface area contributed by atoms with Crippen LogP contribution in [0.2, 0.25) is 5.02 Å². The normalized spacial score (nSPS) is 10.4. The van der Waals surface area contributed by atoms with Crippen LogP contribution in [-0.2, 0) is 9.53 Å². The Morgan fingerprint density at radius 1 is 1.04 bits per heavy atom. The van der Waals surface area contributed by atoms with Crippen LogP contribution in [0.15, 0.2) is 54.7 Å². The average Bonchev–Trinajstić information content (AvgIpc) is 2.60. The van der Waals surface area contributed by atoms with E-state index in [2.05, 4.69) is 9.72 Å². The molecule has 0 aliphatic carbocycles. The lowest BCUT2D eigenvalue weighted by Gasteiger charge is -2.09. The lowest BCUT2D eigenvalue weighted by molar-refractivity contribution is -0.135. The monoisotopic (exact) mass is 341 g/mol. The Balaban J connectivity index is 1.86. The van der Waals surface area contributed by atoms with Gasteiger partial charge in [-0.3, -0.25) is 9.78 Å². The molecule has 1 heterocycles. The third-order valence-corrected chi connectivity index (χ3v) is 3.68. The van der Waals surface area contributed by atoms with Gasteiger partial charge in [-0.1, -0.05) is 17.7 Å². The van der Waals surface area contributed by atoms with E-state index >= 15 is 0 Å². The summed E-state index contributed by atoms with van der Waals surface area (Å²) in [5.74, 6) is -0.707. The second-order valence-electron chi connectivity index (χ2n) is 4.92. The van der Waals surface area contributed by atoms with Gasteiger partial charge < -0.3 is 9.47 Å². The van der Waals surface area contributed by atoms with Crippen molar-refractivity contribution in [1.82, 2.24) is 4.98 Å². The molecular weight excluding hydrogens is 330 g/mol. The number of hydrogen-bond donors (Lipinski definition) is 0. The maximum atomic E-state index is 11.8. The van der Waals surface area contributed by atoms with Crippen LogP contribution in [0.4, 0.5) is 0 Å². The zero-order valence-corrected chi connectivity index (χ0v) is 13.4. The SMILES string of the molecule is COC(=O)C(=O)c1ccc(Oc2ccc3ncccc3c2)cc1Cl. The molecule has 0 atom stereocenters. The number of halogens is 1. The van der Waals surface area contributed by atoms with Crippen molar-refractivity contribution in [3.8, 4) is 11.5 Å². The topological polar surface area (TPSA) is 65.5 Å². The maximum Gasteiger partial charge on any atom is 0.379 e. The van der Waals surface area contributed by atoms with Crippen LogP contribution >= 0.6 is 11.6 Å². The minimum atomic E-state index is -0.965. The minimum Gasteiger partial charge on any atom is -0.463 e. The summed E-state index contributed by atoms with van der Waals surface area (Å²) < 4.78 is 10.2. The van der Waals surface area contributed by atoms with Gasteiger partial charge >= 0.3 is 5.97 Å². The number of aromatic nitrogens is 1. The highest BCUT2D eigenvalue weighted by atomic mass is 35.5. The van der Waals surface area contributed by atoms with Gasteiger partial charge in [0.15, 0.2) is 0 Å². The molecule has 0 aliphatic rings. The van der Waals surface area contributed by atoms with Crippen molar-refractivity contribution in [2.45, 2.75) is 0 Å². The van der Waals surface area contributed by atoms with E-state index in [1.807, 2.05) is 24.3 Å². The van der Waals surface area contributed by atoms with Crippen LogP contribution in [0.3, 0.4) is 0 Å². The van der Waals surface area contributed by atoms with Crippen molar-refractivity contribution in [2.24, 2.45) is 0 Å². The number of nitrogens with zero attached hydrogens (tertiary/aromatic N) is 1. The van der Waals surface area contributed by atoms with E-state index in [0.29, 0.717) is 11.5 Å². The van der Waals surface area contributed by atoms with E-state index in [4.69, 9.17) is 16.3 Å². The number of fused-ring (bicyclic) bond motifs is 1. The zero-order chi connectivity index (χ0) is 17.1. The van der Waals surface area contributed by atoms with Gasteiger partial charge in [0.05, 0.1) is 17.6 Å².